The van der Waals surface area contributed by atoms with E-state index in [4.69, 9.17) is 5.11 Å². The van der Waals surface area contributed by atoms with Crippen molar-refractivity contribution in [3.63, 3.8) is 0 Å². The van der Waals surface area contributed by atoms with Crippen molar-refractivity contribution < 1.29 is 5.11 Å². The SMILES string of the molecule is O=c1[nH]c(=O)n(I)cc1O. The molecule has 1 rings (SSSR count). The van der Waals surface area contributed by atoms with Crippen LogP contribution < -0.4 is 11.2 Å². The molecular weight excluding hydrogens is 251 g/mol. The van der Waals surface area contributed by atoms with E-state index in [0.717, 1.165) is 8.98 Å². The number of nitrogens with one attached hydrogen (secondary N) is 1. The van der Waals surface area contributed by atoms with Crippen LogP contribution in [0.4, 0.5) is 0 Å². The molecule has 10 heavy (non-hydrogen) atoms. The first-order valence-electron chi connectivity index (χ1n) is 2.32. The topological polar surface area (TPSA) is 75.1 Å². The average Bonchev–Trinajstić information content (AvgIpc) is 1.84. The van der Waals surface area contributed by atoms with E-state index in [0.29, 0.717) is 0 Å². The van der Waals surface area contributed by atoms with E-state index in [1.165, 1.54) is 0 Å². The summed E-state index contributed by atoms with van der Waals surface area (Å²) in [7, 11) is 0. The molecule has 1 aromatic heterocycles. The van der Waals surface area contributed by atoms with Gasteiger partial charge in [-0.2, -0.15) is 0 Å². The van der Waals surface area contributed by atoms with Gasteiger partial charge in [0.1, 0.15) is 0 Å². The Labute approximate surface area is 68.8 Å². The summed E-state index contributed by atoms with van der Waals surface area (Å²) in [5.41, 5.74) is -1.32. The van der Waals surface area contributed by atoms with Crippen molar-refractivity contribution in [3.8, 4) is 5.75 Å². The standard InChI is InChI=1S/C4H3IN2O3/c5-7-1-2(8)3(9)6-4(7)10/h1,8H,(H,6,9,10). The second-order valence-corrected chi connectivity index (χ2v) is 2.62. The van der Waals surface area contributed by atoms with E-state index >= 15 is 0 Å². The highest BCUT2D eigenvalue weighted by Crippen LogP contribution is 1.95. The van der Waals surface area contributed by atoms with Gasteiger partial charge in [-0.25, -0.2) is 7.58 Å². The van der Waals surface area contributed by atoms with Crippen LogP contribution in [0.3, 0.4) is 0 Å². The van der Waals surface area contributed by atoms with Crippen molar-refractivity contribution in [3.05, 3.63) is 27.0 Å². The molecule has 0 atom stereocenters. The Morgan fingerprint density at radius 3 is 2.70 bits per heavy atom. The summed E-state index contributed by atoms with van der Waals surface area (Å²) in [5.74, 6) is -0.464. The van der Waals surface area contributed by atoms with Gasteiger partial charge in [0.25, 0.3) is 5.56 Å². The van der Waals surface area contributed by atoms with Crippen molar-refractivity contribution in [2.24, 2.45) is 0 Å². The van der Waals surface area contributed by atoms with Crippen LogP contribution in [0.5, 0.6) is 5.75 Å². The number of aromatic nitrogens is 2. The zero-order valence-electron chi connectivity index (χ0n) is 4.67. The van der Waals surface area contributed by atoms with Gasteiger partial charge in [0, 0.05) is 0 Å². The summed E-state index contributed by atoms with van der Waals surface area (Å²) in [6.45, 7) is 0. The number of rotatable bonds is 0. The van der Waals surface area contributed by atoms with Gasteiger partial charge in [-0.05, 0) is 0 Å². The van der Waals surface area contributed by atoms with Crippen molar-refractivity contribution >= 4 is 22.9 Å². The molecule has 0 aliphatic rings. The summed E-state index contributed by atoms with van der Waals surface area (Å²) in [6, 6.07) is 0. The van der Waals surface area contributed by atoms with E-state index in [1.807, 2.05) is 4.98 Å². The Bertz CT molecular complexity index is 321. The van der Waals surface area contributed by atoms with Crippen LogP contribution in [0.25, 0.3) is 0 Å². The molecule has 0 spiro atoms. The minimum absolute atomic E-state index is 0.464. The first-order valence-corrected chi connectivity index (χ1v) is 3.29. The molecule has 54 valence electrons. The maximum Gasteiger partial charge on any atom is 0.337 e. The van der Waals surface area contributed by atoms with Gasteiger partial charge in [0.05, 0.1) is 29.1 Å². The van der Waals surface area contributed by atoms with Crippen LogP contribution >= 0.6 is 22.9 Å². The fourth-order valence-electron chi connectivity index (χ4n) is 0.439. The Balaban J connectivity index is 3.59. The first kappa shape index (κ1) is 7.32. The molecule has 6 heteroatoms. The Morgan fingerprint density at radius 2 is 2.20 bits per heavy atom. The minimum atomic E-state index is -0.766. The molecule has 0 saturated carbocycles. The van der Waals surface area contributed by atoms with Crippen LogP contribution in [0.15, 0.2) is 15.8 Å². The fourth-order valence-corrected chi connectivity index (χ4v) is 0.824. The molecule has 0 radical (unpaired) electrons. The van der Waals surface area contributed by atoms with Crippen molar-refractivity contribution in [2.75, 3.05) is 0 Å². The second kappa shape index (κ2) is 2.45. The van der Waals surface area contributed by atoms with E-state index in [9.17, 15) is 9.59 Å². The van der Waals surface area contributed by atoms with Gasteiger partial charge < -0.3 is 5.11 Å². The summed E-state index contributed by atoms with van der Waals surface area (Å²) in [4.78, 5) is 23.0. The summed E-state index contributed by atoms with van der Waals surface area (Å²) in [6.07, 6.45) is 1.04. The number of aromatic amines is 1. The van der Waals surface area contributed by atoms with Crippen molar-refractivity contribution in [1.29, 1.82) is 0 Å². The highest BCUT2D eigenvalue weighted by Gasteiger charge is 1.97. The minimum Gasteiger partial charge on any atom is -0.502 e. The van der Waals surface area contributed by atoms with Crippen molar-refractivity contribution in [1.82, 2.24) is 7.76 Å². The molecule has 0 aromatic carbocycles. The molecule has 1 aromatic rings. The molecule has 0 amide bonds. The molecule has 0 bridgehead atoms. The number of aromatic hydroxyl groups is 1. The molecule has 0 aliphatic heterocycles. The molecule has 5 nitrogen and oxygen atoms in total. The maximum absolute atomic E-state index is 10.6. The predicted molar refractivity (Wildman–Crippen MR) is 42.4 cm³/mol. The van der Waals surface area contributed by atoms with Crippen LogP contribution in [-0.4, -0.2) is 12.9 Å². The molecule has 2 N–H and O–H groups in total. The fraction of sp³-hybridized carbons (Fsp3) is 0. The highest BCUT2D eigenvalue weighted by molar-refractivity contribution is 14.1. The lowest BCUT2D eigenvalue weighted by Crippen LogP contribution is -2.24. The zero-order chi connectivity index (χ0) is 7.72. The quantitative estimate of drug-likeness (QED) is 0.609. The molecular formula is C4H3IN2O3. The van der Waals surface area contributed by atoms with Crippen molar-refractivity contribution in [2.45, 2.75) is 0 Å². The zero-order valence-corrected chi connectivity index (χ0v) is 6.82. The number of hydrogen-bond donors (Lipinski definition) is 2. The monoisotopic (exact) mass is 254 g/mol. The third kappa shape index (κ3) is 1.20. The number of H-pyrrole nitrogens is 1. The second-order valence-electron chi connectivity index (χ2n) is 1.58. The summed E-state index contributed by atoms with van der Waals surface area (Å²) < 4.78 is 1.05. The lowest BCUT2D eigenvalue weighted by atomic mass is 10.6. The Hall–Kier alpha value is -0.790. The first-order chi connectivity index (χ1) is 4.61. The highest BCUT2D eigenvalue weighted by atomic mass is 127. The van der Waals surface area contributed by atoms with Gasteiger partial charge in [-0.3, -0.25) is 9.78 Å². The number of hydrogen-bond acceptors (Lipinski definition) is 3. The lowest BCUT2D eigenvalue weighted by molar-refractivity contribution is 0.461. The van der Waals surface area contributed by atoms with E-state index < -0.39 is 17.0 Å². The number of halogens is 1. The Kier molecular flexibility index (Phi) is 1.79. The normalized spacial score (nSPS) is 9.70. The lowest BCUT2D eigenvalue weighted by Gasteiger charge is -1.91. The van der Waals surface area contributed by atoms with Crippen LogP contribution in [-0.2, 0) is 0 Å². The number of nitrogens with zero attached hydrogens (tertiary/aromatic N) is 1. The predicted octanol–water partition coefficient (Wildman–Crippen LogP) is -0.560. The van der Waals surface area contributed by atoms with Crippen LogP contribution in [0, 0.1) is 0 Å². The van der Waals surface area contributed by atoms with Crippen LogP contribution in [0.2, 0.25) is 0 Å². The summed E-state index contributed by atoms with van der Waals surface area (Å²) in [5, 5.41) is 8.72. The Morgan fingerprint density at radius 1 is 1.60 bits per heavy atom. The largest absolute Gasteiger partial charge is 0.502 e. The van der Waals surface area contributed by atoms with Gasteiger partial charge >= 0.3 is 5.69 Å². The molecule has 0 unspecified atom stereocenters. The smallest absolute Gasteiger partial charge is 0.337 e. The third-order valence-corrected chi connectivity index (χ3v) is 1.60. The average molecular weight is 254 g/mol. The van der Waals surface area contributed by atoms with Gasteiger partial charge in [0.15, 0.2) is 5.75 Å². The maximum atomic E-state index is 10.6. The van der Waals surface area contributed by atoms with Gasteiger partial charge in [-0.1, -0.05) is 0 Å². The van der Waals surface area contributed by atoms with E-state index in [1.54, 1.807) is 22.9 Å². The van der Waals surface area contributed by atoms with E-state index in [-0.39, 0.29) is 0 Å². The molecule has 1 heterocycles. The third-order valence-electron chi connectivity index (χ3n) is 0.883. The van der Waals surface area contributed by atoms with Gasteiger partial charge in [0.2, 0.25) is 0 Å². The molecule has 0 saturated heterocycles. The van der Waals surface area contributed by atoms with E-state index in [2.05, 4.69) is 0 Å². The molecule has 0 aliphatic carbocycles. The van der Waals surface area contributed by atoms with Gasteiger partial charge in [-0.15, -0.1) is 0 Å². The summed E-state index contributed by atoms with van der Waals surface area (Å²) >= 11 is 1.64. The van der Waals surface area contributed by atoms with Crippen LogP contribution in [0.1, 0.15) is 0 Å². The molecule has 0 fully saturated rings.